The van der Waals surface area contributed by atoms with Gasteiger partial charge < -0.3 is 9.88 Å². The van der Waals surface area contributed by atoms with E-state index in [4.69, 9.17) is 0 Å². The number of aryl methyl sites for hydroxylation is 3. The highest BCUT2D eigenvalue weighted by atomic mass is 15.2. The van der Waals surface area contributed by atoms with Gasteiger partial charge in [0.25, 0.3) is 0 Å². The van der Waals surface area contributed by atoms with E-state index in [1.807, 2.05) is 24.7 Å². The molecule has 0 amide bonds. The van der Waals surface area contributed by atoms with Gasteiger partial charge in [0.15, 0.2) is 0 Å². The summed E-state index contributed by atoms with van der Waals surface area (Å²) in [6.45, 7) is 4.15. The van der Waals surface area contributed by atoms with E-state index in [1.165, 1.54) is 5.56 Å². The molecule has 3 nitrogen and oxygen atoms in total. The zero-order valence-corrected chi connectivity index (χ0v) is 9.99. The lowest BCUT2D eigenvalue weighted by atomic mass is 10.1. The first-order chi connectivity index (χ1) is 7.69. The van der Waals surface area contributed by atoms with Gasteiger partial charge in [0.05, 0.1) is 5.69 Å². The number of rotatable bonds is 3. The molecule has 0 bridgehead atoms. The number of nitrogens with zero attached hydrogens (tertiary/aromatic N) is 2. The van der Waals surface area contributed by atoms with Crippen LogP contribution in [0, 0.1) is 6.92 Å². The quantitative estimate of drug-likeness (QED) is 0.852. The molecule has 1 heterocycles. The maximum Gasteiger partial charge on any atom is 0.207 e. The molecule has 0 radical (unpaired) electrons. The standard InChI is InChI=1S/C13H17N3/c1-4-11-6-5-7-12(8-11)15-13-14-10(2)9-16(13)3/h5-9H,4H2,1-3H3,(H,14,15). The summed E-state index contributed by atoms with van der Waals surface area (Å²) < 4.78 is 1.99. The zero-order valence-electron chi connectivity index (χ0n) is 9.99. The molecule has 0 spiro atoms. The Morgan fingerprint density at radius 1 is 1.38 bits per heavy atom. The smallest absolute Gasteiger partial charge is 0.207 e. The summed E-state index contributed by atoms with van der Waals surface area (Å²) in [7, 11) is 1.99. The third-order valence-corrected chi connectivity index (χ3v) is 2.59. The van der Waals surface area contributed by atoms with Crippen LogP contribution in [0.4, 0.5) is 11.6 Å². The second kappa shape index (κ2) is 4.39. The summed E-state index contributed by atoms with van der Waals surface area (Å²) in [5, 5.41) is 3.32. The molecule has 0 aliphatic carbocycles. The van der Waals surface area contributed by atoms with Crippen LogP contribution in [0.3, 0.4) is 0 Å². The molecule has 2 aromatic rings. The lowest BCUT2D eigenvalue weighted by Crippen LogP contribution is -1.98. The summed E-state index contributed by atoms with van der Waals surface area (Å²) in [5.74, 6) is 0.880. The monoisotopic (exact) mass is 215 g/mol. The third kappa shape index (κ3) is 2.24. The summed E-state index contributed by atoms with van der Waals surface area (Å²) in [4.78, 5) is 4.41. The van der Waals surface area contributed by atoms with Gasteiger partial charge in [-0.3, -0.25) is 0 Å². The van der Waals surface area contributed by atoms with E-state index in [0.29, 0.717) is 0 Å². The van der Waals surface area contributed by atoms with Crippen molar-refractivity contribution in [3.8, 4) is 0 Å². The van der Waals surface area contributed by atoms with E-state index in [-0.39, 0.29) is 0 Å². The molecular weight excluding hydrogens is 198 g/mol. The van der Waals surface area contributed by atoms with Gasteiger partial charge in [-0.15, -0.1) is 0 Å². The molecule has 16 heavy (non-hydrogen) atoms. The van der Waals surface area contributed by atoms with Gasteiger partial charge >= 0.3 is 0 Å². The number of imidazole rings is 1. The highest BCUT2D eigenvalue weighted by Crippen LogP contribution is 2.16. The SMILES string of the molecule is CCc1cccc(Nc2nc(C)cn2C)c1. The van der Waals surface area contributed by atoms with Gasteiger partial charge in [0, 0.05) is 18.9 Å². The van der Waals surface area contributed by atoms with Crippen LogP contribution in [0.2, 0.25) is 0 Å². The molecule has 1 N–H and O–H groups in total. The fourth-order valence-corrected chi connectivity index (χ4v) is 1.73. The minimum Gasteiger partial charge on any atom is -0.326 e. The molecule has 0 fully saturated rings. The Hall–Kier alpha value is -1.77. The molecule has 1 aromatic carbocycles. The molecule has 84 valence electrons. The van der Waals surface area contributed by atoms with Gasteiger partial charge in [0.1, 0.15) is 0 Å². The number of nitrogens with one attached hydrogen (secondary N) is 1. The Balaban J connectivity index is 2.23. The number of anilines is 2. The molecular formula is C13H17N3. The Bertz CT molecular complexity index is 486. The minimum absolute atomic E-state index is 0.880. The highest BCUT2D eigenvalue weighted by molar-refractivity contribution is 5.55. The molecule has 0 atom stereocenters. The van der Waals surface area contributed by atoms with Gasteiger partial charge in [0.2, 0.25) is 5.95 Å². The average molecular weight is 215 g/mol. The molecule has 0 saturated heterocycles. The Labute approximate surface area is 96.1 Å². The summed E-state index contributed by atoms with van der Waals surface area (Å²) in [5.41, 5.74) is 3.45. The Morgan fingerprint density at radius 3 is 2.81 bits per heavy atom. The predicted octanol–water partition coefficient (Wildman–Crippen LogP) is 3.03. The third-order valence-electron chi connectivity index (χ3n) is 2.59. The predicted molar refractivity (Wildman–Crippen MR) is 67.0 cm³/mol. The number of benzene rings is 1. The van der Waals surface area contributed by atoms with Crippen molar-refractivity contribution in [1.82, 2.24) is 9.55 Å². The molecule has 1 aromatic heterocycles. The van der Waals surface area contributed by atoms with Gasteiger partial charge in [-0.05, 0) is 31.0 Å². The largest absolute Gasteiger partial charge is 0.326 e. The molecule has 0 aliphatic heterocycles. The lowest BCUT2D eigenvalue weighted by Gasteiger charge is -2.06. The van der Waals surface area contributed by atoms with Crippen LogP contribution >= 0.6 is 0 Å². The summed E-state index contributed by atoms with van der Waals surface area (Å²) in [6, 6.07) is 8.42. The van der Waals surface area contributed by atoms with E-state index in [1.54, 1.807) is 0 Å². The van der Waals surface area contributed by atoms with Crippen molar-refractivity contribution in [3.63, 3.8) is 0 Å². The second-order valence-corrected chi connectivity index (χ2v) is 4.00. The van der Waals surface area contributed by atoms with Gasteiger partial charge in [-0.2, -0.15) is 0 Å². The van der Waals surface area contributed by atoms with Crippen molar-refractivity contribution in [1.29, 1.82) is 0 Å². The molecule has 0 saturated carbocycles. The lowest BCUT2D eigenvalue weighted by molar-refractivity contribution is 0.923. The van der Waals surface area contributed by atoms with Gasteiger partial charge in [-0.25, -0.2) is 4.98 Å². The maximum absolute atomic E-state index is 4.41. The van der Waals surface area contributed by atoms with E-state index >= 15 is 0 Å². The molecule has 2 rings (SSSR count). The van der Waals surface area contributed by atoms with Crippen molar-refractivity contribution in [2.45, 2.75) is 20.3 Å². The van der Waals surface area contributed by atoms with Crippen LogP contribution in [0.1, 0.15) is 18.2 Å². The average Bonchev–Trinajstić information content (AvgIpc) is 2.58. The van der Waals surface area contributed by atoms with Crippen molar-refractivity contribution in [3.05, 3.63) is 41.7 Å². The first-order valence-corrected chi connectivity index (χ1v) is 5.55. The van der Waals surface area contributed by atoms with Crippen LogP contribution in [0.5, 0.6) is 0 Å². The summed E-state index contributed by atoms with van der Waals surface area (Å²) >= 11 is 0. The van der Waals surface area contributed by atoms with Crippen molar-refractivity contribution < 1.29 is 0 Å². The van der Waals surface area contributed by atoms with E-state index in [2.05, 4.69) is 41.5 Å². The van der Waals surface area contributed by atoms with Crippen LogP contribution < -0.4 is 5.32 Å². The number of hydrogen-bond donors (Lipinski definition) is 1. The molecule has 3 heteroatoms. The molecule has 0 aliphatic rings. The highest BCUT2D eigenvalue weighted by Gasteiger charge is 2.02. The Morgan fingerprint density at radius 2 is 2.19 bits per heavy atom. The van der Waals surface area contributed by atoms with Crippen molar-refractivity contribution in [2.24, 2.45) is 7.05 Å². The van der Waals surface area contributed by atoms with E-state index in [0.717, 1.165) is 23.8 Å². The van der Waals surface area contributed by atoms with Crippen LogP contribution in [0.15, 0.2) is 30.5 Å². The van der Waals surface area contributed by atoms with E-state index < -0.39 is 0 Å². The van der Waals surface area contributed by atoms with Crippen LogP contribution in [-0.2, 0) is 13.5 Å². The first kappa shape index (κ1) is 10.7. The van der Waals surface area contributed by atoms with Crippen molar-refractivity contribution in [2.75, 3.05) is 5.32 Å². The number of aromatic nitrogens is 2. The van der Waals surface area contributed by atoms with Crippen LogP contribution in [0.25, 0.3) is 0 Å². The first-order valence-electron chi connectivity index (χ1n) is 5.55. The minimum atomic E-state index is 0.880. The maximum atomic E-state index is 4.41. The number of hydrogen-bond acceptors (Lipinski definition) is 2. The van der Waals surface area contributed by atoms with E-state index in [9.17, 15) is 0 Å². The fourth-order valence-electron chi connectivity index (χ4n) is 1.73. The zero-order chi connectivity index (χ0) is 11.5. The topological polar surface area (TPSA) is 29.9 Å². The normalized spacial score (nSPS) is 10.4. The summed E-state index contributed by atoms with van der Waals surface area (Å²) in [6.07, 6.45) is 3.06. The fraction of sp³-hybridized carbons (Fsp3) is 0.308. The van der Waals surface area contributed by atoms with Crippen molar-refractivity contribution >= 4 is 11.6 Å². The Kier molecular flexibility index (Phi) is 2.95. The van der Waals surface area contributed by atoms with Gasteiger partial charge in [-0.1, -0.05) is 19.1 Å². The molecule has 0 unspecified atom stereocenters. The van der Waals surface area contributed by atoms with Crippen LogP contribution in [-0.4, -0.2) is 9.55 Å². The second-order valence-electron chi connectivity index (χ2n) is 4.00.